The maximum absolute atomic E-state index is 13.8. The molecule has 8 rings (SSSR count). The molecule has 3 aromatic heterocycles. The molecule has 0 bridgehead atoms. The second kappa shape index (κ2) is 29.8. The van der Waals surface area contributed by atoms with Crippen molar-refractivity contribution in [2.45, 2.75) is 94.0 Å². The predicted molar refractivity (Wildman–Crippen MR) is 296 cm³/mol. The normalized spacial score (nSPS) is 18.5. The standard InChI is InChI=1S/C54H69N11O11S2/c66-43(15-5-4-14-41-48-39(35-77-41)61-53(71)62-48)56-23-9-27-73-29-31-75-32-30-74-28-10-24-57-45(68)17-6-16-44(67)55-22-7-18-46(69)64-26-8-11-36(34-64)60-51(70)50-49-47-40(21-25-58-52(47)78-50)65(54(72)63-49)42-20-19-38(33-59-42)76-37-12-2-1-3-13-37/h1-3,7,12-13,18-21,25,33,36,39,41,48H,4-6,8-11,14-17,22-24,26-32,34-35H2,(H,55,67)(H,56,66)(H,57,68)(H,60,70)(H,63,72)(H2,61,62,71)/b18-7+/t36?,39-,41-,48?/m1/s1. The molecule has 4 aliphatic rings. The molecule has 418 valence electrons. The lowest BCUT2D eigenvalue weighted by atomic mass is 10.0. The molecule has 22 nitrogen and oxygen atoms in total. The number of hydrogen-bond donors (Lipinski definition) is 7. The molecule has 2 unspecified atom stereocenters. The maximum atomic E-state index is 13.8. The van der Waals surface area contributed by atoms with Crippen LogP contribution in [0.3, 0.4) is 0 Å². The molecule has 0 saturated carbocycles. The summed E-state index contributed by atoms with van der Waals surface area (Å²) in [5.41, 5.74) is 0.912. The predicted octanol–water partition coefficient (Wildman–Crippen LogP) is 5.52. The van der Waals surface area contributed by atoms with E-state index in [1.807, 2.05) is 42.1 Å². The fourth-order valence-electron chi connectivity index (χ4n) is 9.44. The van der Waals surface area contributed by atoms with E-state index < -0.39 is 6.03 Å². The summed E-state index contributed by atoms with van der Waals surface area (Å²) in [5.74, 6) is 1.53. The van der Waals surface area contributed by atoms with E-state index in [2.05, 4.69) is 47.2 Å². The van der Waals surface area contributed by atoms with E-state index in [0.29, 0.717) is 147 Å². The summed E-state index contributed by atoms with van der Waals surface area (Å²) in [7, 11) is 0. The van der Waals surface area contributed by atoms with Crippen LogP contribution in [0.4, 0.5) is 26.8 Å². The molecule has 7 heterocycles. The van der Waals surface area contributed by atoms with E-state index in [1.54, 1.807) is 41.6 Å². The Morgan fingerprint density at radius 3 is 2.22 bits per heavy atom. The molecule has 0 aliphatic carbocycles. The number of rotatable bonds is 31. The van der Waals surface area contributed by atoms with Crippen molar-refractivity contribution in [1.29, 1.82) is 0 Å². The highest BCUT2D eigenvalue weighted by atomic mass is 32.2. The van der Waals surface area contributed by atoms with Crippen LogP contribution >= 0.6 is 23.1 Å². The Kier molecular flexibility index (Phi) is 21.9. The number of aromatic nitrogens is 2. The van der Waals surface area contributed by atoms with Crippen molar-refractivity contribution < 1.29 is 52.5 Å². The number of para-hydroxylation sites is 1. The van der Waals surface area contributed by atoms with Crippen LogP contribution in [-0.4, -0.2) is 158 Å². The highest BCUT2D eigenvalue weighted by molar-refractivity contribution is 8.00. The molecule has 0 spiro atoms. The Bertz CT molecular complexity index is 2720. The number of carbonyl (C=O) groups excluding carboxylic acids is 7. The number of anilines is 3. The van der Waals surface area contributed by atoms with Gasteiger partial charge in [0.25, 0.3) is 5.91 Å². The van der Waals surface area contributed by atoms with E-state index in [-0.39, 0.29) is 73.1 Å². The Balaban J connectivity index is 0.609. The smallest absolute Gasteiger partial charge is 0.332 e. The average molecular weight is 1110 g/mol. The van der Waals surface area contributed by atoms with Crippen molar-refractivity contribution in [2.75, 3.05) is 88.3 Å². The van der Waals surface area contributed by atoms with Crippen LogP contribution in [-0.2, 0) is 33.4 Å². The molecule has 7 N–H and O–H groups in total. The minimum Gasteiger partial charge on any atom is -0.456 e. The van der Waals surface area contributed by atoms with Gasteiger partial charge in [0.2, 0.25) is 23.6 Å². The van der Waals surface area contributed by atoms with Crippen molar-refractivity contribution >= 4 is 92.1 Å². The number of piperidine rings is 1. The van der Waals surface area contributed by atoms with Gasteiger partial charge >= 0.3 is 12.1 Å². The van der Waals surface area contributed by atoms with Gasteiger partial charge in [-0.1, -0.05) is 30.7 Å². The van der Waals surface area contributed by atoms with Gasteiger partial charge in [0.15, 0.2) is 0 Å². The molecule has 1 aromatic carbocycles. The van der Waals surface area contributed by atoms with Crippen LogP contribution in [0.5, 0.6) is 11.5 Å². The lowest BCUT2D eigenvalue weighted by molar-refractivity contribution is -0.127. The van der Waals surface area contributed by atoms with E-state index in [0.717, 1.165) is 31.4 Å². The number of urea groups is 2. The quantitative estimate of drug-likeness (QED) is 0.0186. The topological polar surface area (TPSA) is 273 Å². The summed E-state index contributed by atoms with van der Waals surface area (Å²) < 4.78 is 22.6. The number of carbonyl (C=O) groups is 7. The number of likely N-dealkylation sites (tertiary alicyclic amines) is 1. The lowest BCUT2D eigenvalue weighted by Crippen LogP contribution is -2.49. The number of nitrogens with one attached hydrogen (secondary N) is 7. The van der Waals surface area contributed by atoms with Gasteiger partial charge in [-0.3, -0.25) is 24.0 Å². The molecule has 4 aliphatic heterocycles. The summed E-state index contributed by atoms with van der Waals surface area (Å²) in [6.07, 6.45) is 12.9. The zero-order valence-corrected chi connectivity index (χ0v) is 45.2. The highest BCUT2D eigenvalue weighted by Gasteiger charge is 2.42. The van der Waals surface area contributed by atoms with Crippen molar-refractivity contribution in [3.8, 4) is 11.5 Å². The SMILES string of the molecule is O=C(CCCC(=O)NCCCOCCOCCOCCCNC(=O)CCCC[C@H]1SC[C@H]2NC(=O)NC21)NC/C=C/C(=O)N1CCCC(NC(=O)c2sc3nccc4c3c2NC(=O)N4c2ccc(Oc3ccccc3)cn2)C1. The highest BCUT2D eigenvalue weighted by Crippen LogP contribution is 2.45. The Morgan fingerprint density at radius 1 is 0.769 bits per heavy atom. The van der Waals surface area contributed by atoms with Gasteiger partial charge in [-0.2, -0.15) is 11.8 Å². The molecule has 3 fully saturated rings. The van der Waals surface area contributed by atoms with Crippen molar-refractivity contribution in [1.82, 2.24) is 46.8 Å². The molecule has 4 atom stereocenters. The molecule has 24 heteroatoms. The summed E-state index contributed by atoms with van der Waals surface area (Å²) in [4.78, 5) is 102. The second-order valence-electron chi connectivity index (χ2n) is 19.1. The second-order valence-corrected chi connectivity index (χ2v) is 21.4. The number of nitrogens with zero attached hydrogens (tertiary/aromatic N) is 4. The number of thioether (sulfide) groups is 1. The largest absolute Gasteiger partial charge is 0.456 e. The molecular formula is C54H69N11O11S2. The molecule has 9 amide bonds. The third-order valence-corrected chi connectivity index (χ3v) is 15.9. The number of hydrogen-bond acceptors (Lipinski definition) is 15. The van der Waals surface area contributed by atoms with Gasteiger partial charge < -0.3 is 61.1 Å². The number of benzene rings is 1. The summed E-state index contributed by atoms with van der Waals surface area (Å²) in [5, 5.41) is 21.5. The number of amides is 9. The fraction of sp³-hybridized carbons (Fsp3) is 0.500. The van der Waals surface area contributed by atoms with Crippen LogP contribution in [0.2, 0.25) is 0 Å². The number of ether oxygens (including phenoxy) is 4. The summed E-state index contributed by atoms with van der Waals surface area (Å²) >= 11 is 3.07. The minimum absolute atomic E-state index is 0.0521. The van der Waals surface area contributed by atoms with Gasteiger partial charge in [-0.25, -0.2) is 24.5 Å². The van der Waals surface area contributed by atoms with E-state index in [4.69, 9.17) is 18.9 Å². The molecular weight excluding hydrogens is 1040 g/mol. The first-order valence-corrected chi connectivity index (χ1v) is 28.7. The Morgan fingerprint density at radius 2 is 1.49 bits per heavy atom. The molecule has 4 aromatic rings. The summed E-state index contributed by atoms with van der Waals surface area (Å²) in [6.45, 7) is 4.72. The van der Waals surface area contributed by atoms with E-state index in [1.165, 1.54) is 22.3 Å². The monoisotopic (exact) mass is 1110 g/mol. The van der Waals surface area contributed by atoms with Gasteiger partial charge in [-0.15, -0.1) is 11.3 Å². The zero-order chi connectivity index (χ0) is 54.5. The Hall–Kier alpha value is -6.86. The van der Waals surface area contributed by atoms with Crippen LogP contribution in [0.1, 0.15) is 80.3 Å². The maximum Gasteiger partial charge on any atom is 0.332 e. The average Bonchev–Trinajstić information content (AvgIpc) is 4.16. The van der Waals surface area contributed by atoms with Crippen LogP contribution < -0.4 is 46.9 Å². The Labute approximate surface area is 461 Å². The molecule has 0 radical (unpaired) electrons. The first-order chi connectivity index (χ1) is 38.1. The first-order valence-electron chi connectivity index (χ1n) is 26.8. The van der Waals surface area contributed by atoms with Crippen molar-refractivity contribution in [3.63, 3.8) is 0 Å². The van der Waals surface area contributed by atoms with E-state index in [9.17, 15) is 33.6 Å². The molecule has 78 heavy (non-hydrogen) atoms. The lowest BCUT2D eigenvalue weighted by Gasteiger charge is -2.32. The number of thiophene rings is 1. The third kappa shape index (κ3) is 16.8. The fourth-order valence-corrected chi connectivity index (χ4v) is 12.0. The number of fused-ring (bicyclic) bond motifs is 1. The summed E-state index contributed by atoms with van der Waals surface area (Å²) in [6, 6.07) is 14.0. The third-order valence-electron chi connectivity index (χ3n) is 13.3. The van der Waals surface area contributed by atoms with Gasteiger partial charge in [0, 0.05) is 94.5 Å². The van der Waals surface area contributed by atoms with Crippen LogP contribution in [0.25, 0.3) is 10.2 Å². The van der Waals surface area contributed by atoms with Gasteiger partial charge in [-0.05, 0) is 75.3 Å². The van der Waals surface area contributed by atoms with Gasteiger partial charge in [0.1, 0.15) is 27.0 Å². The van der Waals surface area contributed by atoms with Crippen LogP contribution in [0, 0.1) is 0 Å². The van der Waals surface area contributed by atoms with Crippen molar-refractivity contribution in [3.05, 3.63) is 78.0 Å². The molecule has 3 saturated heterocycles. The number of unbranched alkanes of at least 4 members (excludes halogenated alkanes) is 1. The van der Waals surface area contributed by atoms with Gasteiger partial charge in [0.05, 0.1) is 61.5 Å². The first kappa shape index (κ1) is 57.3. The van der Waals surface area contributed by atoms with E-state index >= 15 is 0 Å². The zero-order valence-electron chi connectivity index (χ0n) is 43.6. The number of pyridine rings is 2. The van der Waals surface area contributed by atoms with Crippen molar-refractivity contribution in [2.24, 2.45) is 0 Å². The van der Waals surface area contributed by atoms with Crippen LogP contribution in [0.15, 0.2) is 73.1 Å². The minimum atomic E-state index is -0.481.